The Morgan fingerprint density at radius 3 is 2.50 bits per heavy atom. The number of pyridine rings is 1. The Morgan fingerprint density at radius 2 is 1.85 bits per heavy atom. The number of amides is 1. The number of nitrogens with zero attached hydrogens (tertiary/aromatic N) is 6. The summed E-state index contributed by atoms with van der Waals surface area (Å²) in [7, 11) is 0. The third-order valence-corrected chi connectivity index (χ3v) is 7.35. The molecule has 1 aliphatic heterocycles. The molecule has 1 unspecified atom stereocenters. The van der Waals surface area contributed by atoms with E-state index in [4.69, 9.17) is 10.5 Å². The monoisotopic (exact) mass is 547 g/mol. The van der Waals surface area contributed by atoms with Crippen molar-refractivity contribution >= 4 is 5.91 Å². The molecule has 1 aromatic carbocycles. The fraction of sp³-hybridized carbons (Fsp3) is 0.321. The lowest BCUT2D eigenvalue weighted by molar-refractivity contribution is 0.0748. The third-order valence-electron chi connectivity index (χ3n) is 7.35. The molecule has 0 bridgehead atoms. The number of hydrogen-bond donors (Lipinski definition) is 2. The Morgan fingerprint density at radius 1 is 1.12 bits per heavy atom. The number of rotatable bonds is 7. The molecule has 1 saturated heterocycles. The molecule has 206 valence electrons. The number of aliphatic hydroxyl groups excluding tert-OH is 1. The SMILES string of the molecule is CC(C)(N)c1cc(OC2[C@H]3CN(C(=O)c4cn(-c5ncccn5)nc4CO)C[C@@H]23)nc(-c2ccc(F)c(F)c2)c1. The molecule has 4 heterocycles. The van der Waals surface area contributed by atoms with Gasteiger partial charge in [0.15, 0.2) is 11.6 Å². The number of likely N-dealkylation sites (tertiary alicyclic amines) is 1. The van der Waals surface area contributed by atoms with Crippen LogP contribution in [0.25, 0.3) is 17.2 Å². The van der Waals surface area contributed by atoms with Gasteiger partial charge in [-0.15, -0.1) is 0 Å². The molecule has 12 heteroatoms. The Labute approximate surface area is 228 Å². The fourth-order valence-electron chi connectivity index (χ4n) is 5.08. The molecule has 2 fully saturated rings. The number of ether oxygens (including phenoxy) is 1. The van der Waals surface area contributed by atoms with Gasteiger partial charge in [-0.2, -0.15) is 5.10 Å². The normalized spacial score (nSPS) is 19.9. The molecule has 1 aliphatic carbocycles. The number of fused-ring (bicyclic) bond motifs is 1. The van der Waals surface area contributed by atoms with Gasteiger partial charge in [0.05, 0.1) is 17.9 Å². The van der Waals surface area contributed by atoms with E-state index in [0.29, 0.717) is 41.7 Å². The van der Waals surface area contributed by atoms with Crippen LogP contribution in [0.3, 0.4) is 0 Å². The van der Waals surface area contributed by atoms with Crippen LogP contribution in [0.15, 0.2) is 55.0 Å². The first-order chi connectivity index (χ1) is 19.1. The third kappa shape index (κ3) is 4.80. The van der Waals surface area contributed by atoms with Crippen LogP contribution < -0.4 is 10.5 Å². The molecule has 2 aliphatic rings. The Balaban J connectivity index is 1.17. The predicted molar refractivity (Wildman–Crippen MR) is 139 cm³/mol. The van der Waals surface area contributed by atoms with Crippen LogP contribution in [0.4, 0.5) is 8.78 Å². The second-order valence-corrected chi connectivity index (χ2v) is 10.7. The van der Waals surface area contributed by atoms with Gasteiger partial charge in [-0.3, -0.25) is 4.79 Å². The summed E-state index contributed by atoms with van der Waals surface area (Å²) in [5, 5.41) is 14.1. The number of aromatic nitrogens is 5. The van der Waals surface area contributed by atoms with Gasteiger partial charge in [0.25, 0.3) is 5.91 Å². The summed E-state index contributed by atoms with van der Waals surface area (Å²) in [6.45, 7) is 4.23. The molecule has 3 aromatic heterocycles. The summed E-state index contributed by atoms with van der Waals surface area (Å²) in [4.78, 5) is 27.9. The molecule has 40 heavy (non-hydrogen) atoms. The fourth-order valence-corrected chi connectivity index (χ4v) is 5.08. The van der Waals surface area contributed by atoms with E-state index in [9.17, 15) is 18.7 Å². The van der Waals surface area contributed by atoms with Crippen LogP contribution in [0.1, 0.15) is 35.5 Å². The first-order valence-corrected chi connectivity index (χ1v) is 12.8. The standard InChI is InChI=1S/C28H27F2N7O3/c1-28(2,31)16-9-22(15-4-5-20(29)21(30)8-15)34-24(10-16)40-25-17-11-36(12-18(17)25)26(39)19-13-37(35-23(19)14-38)27-32-6-3-7-33-27/h3-10,13,17-18,25,38H,11-12,14,31H2,1-2H3/t17-,18+,25?. The maximum Gasteiger partial charge on any atom is 0.257 e. The number of hydrogen-bond acceptors (Lipinski definition) is 8. The van der Waals surface area contributed by atoms with Gasteiger partial charge in [-0.05, 0) is 49.7 Å². The predicted octanol–water partition coefficient (Wildman–Crippen LogP) is 2.84. The molecule has 6 rings (SSSR count). The average Bonchev–Trinajstić information content (AvgIpc) is 3.28. The van der Waals surface area contributed by atoms with Crippen molar-refractivity contribution in [3.8, 4) is 23.1 Å². The number of nitrogens with two attached hydrogens (primary N) is 1. The van der Waals surface area contributed by atoms with E-state index < -0.39 is 23.8 Å². The highest BCUT2D eigenvalue weighted by Gasteiger charge is 2.59. The minimum absolute atomic E-state index is 0.108. The van der Waals surface area contributed by atoms with Gasteiger partial charge in [0.2, 0.25) is 11.8 Å². The number of carbonyl (C=O) groups excluding carboxylic acids is 1. The lowest BCUT2D eigenvalue weighted by Crippen LogP contribution is -2.33. The number of piperidine rings is 1. The van der Waals surface area contributed by atoms with Gasteiger partial charge >= 0.3 is 0 Å². The van der Waals surface area contributed by atoms with Gasteiger partial charge in [-0.1, -0.05) is 0 Å². The van der Waals surface area contributed by atoms with E-state index in [2.05, 4.69) is 20.1 Å². The summed E-state index contributed by atoms with van der Waals surface area (Å²) in [5.41, 5.74) is 7.72. The highest BCUT2D eigenvalue weighted by Crippen LogP contribution is 2.48. The molecule has 0 radical (unpaired) electrons. The molecule has 3 N–H and O–H groups in total. The highest BCUT2D eigenvalue weighted by molar-refractivity contribution is 5.95. The maximum atomic E-state index is 13.9. The second-order valence-electron chi connectivity index (χ2n) is 10.7. The van der Waals surface area contributed by atoms with Gasteiger partial charge < -0.3 is 20.5 Å². The lowest BCUT2D eigenvalue weighted by atomic mass is 9.95. The molecule has 3 atom stereocenters. The lowest BCUT2D eigenvalue weighted by Gasteiger charge is -2.22. The first kappa shape index (κ1) is 26.0. The van der Waals surface area contributed by atoms with Crippen LogP contribution in [-0.2, 0) is 12.1 Å². The summed E-state index contributed by atoms with van der Waals surface area (Å²) in [5.74, 6) is -1.29. The van der Waals surface area contributed by atoms with Crippen molar-refractivity contribution in [1.29, 1.82) is 0 Å². The van der Waals surface area contributed by atoms with Crippen molar-refractivity contribution < 1.29 is 23.4 Å². The van der Waals surface area contributed by atoms with E-state index in [0.717, 1.165) is 17.7 Å². The largest absolute Gasteiger partial charge is 0.474 e. The second kappa shape index (κ2) is 9.72. The number of halogens is 2. The summed E-state index contributed by atoms with van der Waals surface area (Å²) in [6.07, 6.45) is 4.52. The molecular formula is C28H27F2N7O3. The van der Waals surface area contributed by atoms with Crippen LogP contribution in [0.2, 0.25) is 0 Å². The van der Waals surface area contributed by atoms with Crippen molar-refractivity contribution in [2.24, 2.45) is 17.6 Å². The Hall–Kier alpha value is -4.29. The quantitative estimate of drug-likeness (QED) is 0.361. The molecule has 0 spiro atoms. The summed E-state index contributed by atoms with van der Waals surface area (Å²) >= 11 is 0. The highest BCUT2D eigenvalue weighted by atomic mass is 19.2. The van der Waals surface area contributed by atoms with Crippen LogP contribution in [0.5, 0.6) is 5.88 Å². The Kier molecular flexibility index (Phi) is 6.31. The van der Waals surface area contributed by atoms with E-state index >= 15 is 0 Å². The Bertz CT molecular complexity index is 1580. The topological polar surface area (TPSA) is 132 Å². The van der Waals surface area contributed by atoms with Gasteiger partial charge in [-0.25, -0.2) is 28.4 Å². The minimum Gasteiger partial charge on any atom is -0.474 e. The van der Waals surface area contributed by atoms with Crippen molar-refractivity contribution in [2.75, 3.05) is 13.1 Å². The number of benzene rings is 1. The molecule has 1 amide bonds. The number of aliphatic hydroxyl groups is 1. The van der Waals surface area contributed by atoms with E-state index in [1.165, 1.54) is 16.9 Å². The molecule has 4 aromatic rings. The smallest absolute Gasteiger partial charge is 0.257 e. The molecule has 1 saturated carbocycles. The molecular weight excluding hydrogens is 520 g/mol. The van der Waals surface area contributed by atoms with Crippen LogP contribution >= 0.6 is 0 Å². The van der Waals surface area contributed by atoms with E-state index in [-0.39, 0.29) is 29.5 Å². The zero-order valence-electron chi connectivity index (χ0n) is 21.8. The summed E-state index contributed by atoms with van der Waals surface area (Å²) in [6, 6.07) is 8.79. The summed E-state index contributed by atoms with van der Waals surface area (Å²) < 4.78 is 35.0. The molecule has 10 nitrogen and oxygen atoms in total. The minimum atomic E-state index is -0.966. The van der Waals surface area contributed by atoms with Crippen molar-refractivity contribution in [3.05, 3.63) is 83.4 Å². The van der Waals surface area contributed by atoms with E-state index in [1.54, 1.807) is 35.5 Å². The average molecular weight is 548 g/mol. The number of carbonyl (C=O) groups is 1. The van der Waals surface area contributed by atoms with Crippen LogP contribution in [-0.4, -0.2) is 59.8 Å². The van der Waals surface area contributed by atoms with Gasteiger partial charge in [0.1, 0.15) is 11.8 Å². The zero-order valence-corrected chi connectivity index (χ0v) is 21.8. The first-order valence-electron chi connectivity index (χ1n) is 12.8. The maximum absolute atomic E-state index is 13.9. The van der Waals surface area contributed by atoms with Crippen molar-refractivity contribution in [1.82, 2.24) is 29.6 Å². The van der Waals surface area contributed by atoms with Crippen LogP contribution in [0, 0.1) is 23.5 Å². The van der Waals surface area contributed by atoms with Crippen molar-refractivity contribution in [3.63, 3.8) is 0 Å². The van der Waals surface area contributed by atoms with Gasteiger partial charge in [0, 0.05) is 60.7 Å². The van der Waals surface area contributed by atoms with Crippen molar-refractivity contribution in [2.45, 2.75) is 32.1 Å². The zero-order chi connectivity index (χ0) is 28.2. The van der Waals surface area contributed by atoms with E-state index in [1.807, 2.05) is 13.8 Å².